The molecule has 3 nitrogen and oxygen atoms in total. The Morgan fingerprint density at radius 1 is 1.26 bits per heavy atom. The molecule has 3 rings (SSSR count). The van der Waals surface area contributed by atoms with Gasteiger partial charge in [0.25, 0.3) is 0 Å². The number of piperazine rings is 1. The van der Waals surface area contributed by atoms with E-state index in [2.05, 4.69) is 4.90 Å². The highest BCUT2D eigenvalue weighted by Gasteiger charge is 2.59. The maximum absolute atomic E-state index is 13.0. The number of aliphatic hydroxyl groups excluding tert-OH is 1. The van der Waals surface area contributed by atoms with Gasteiger partial charge in [0, 0.05) is 31.2 Å². The van der Waals surface area contributed by atoms with Crippen molar-refractivity contribution >= 4 is 0 Å². The molecule has 23 heavy (non-hydrogen) atoms. The largest absolute Gasteiger partial charge is 0.428 e. The first-order valence-electron chi connectivity index (χ1n) is 8.15. The van der Waals surface area contributed by atoms with Gasteiger partial charge < -0.3 is 5.11 Å². The molecule has 0 bridgehead atoms. The number of hydrogen-bond acceptors (Lipinski definition) is 3. The average molecular weight is 328 g/mol. The van der Waals surface area contributed by atoms with Crippen molar-refractivity contribution in [3.63, 3.8) is 0 Å². The molecule has 128 valence electrons. The highest BCUT2D eigenvalue weighted by Crippen LogP contribution is 2.48. The zero-order valence-electron chi connectivity index (χ0n) is 13.3. The fourth-order valence-electron chi connectivity index (χ4n) is 3.65. The summed E-state index contributed by atoms with van der Waals surface area (Å²) in [6.45, 7) is 3.60. The second-order valence-corrected chi connectivity index (χ2v) is 6.74. The van der Waals surface area contributed by atoms with Gasteiger partial charge in [0.15, 0.2) is 0 Å². The topological polar surface area (TPSA) is 26.7 Å². The van der Waals surface area contributed by atoms with Gasteiger partial charge in [-0.1, -0.05) is 37.3 Å². The van der Waals surface area contributed by atoms with Gasteiger partial charge in [-0.2, -0.15) is 13.2 Å². The Morgan fingerprint density at radius 2 is 1.91 bits per heavy atom. The number of alkyl halides is 3. The summed E-state index contributed by atoms with van der Waals surface area (Å²) in [5, 5.41) is 9.76. The molecule has 1 aliphatic carbocycles. The SMILES string of the molecule is CC[C@@H]1CN(C(O)C(F)(F)F)C2(CC2)CN1Cc1ccccc1. The zero-order valence-corrected chi connectivity index (χ0v) is 13.3. The molecular formula is C17H23F3N2O. The molecule has 2 fully saturated rings. The third kappa shape index (κ3) is 3.39. The molecule has 2 aliphatic rings. The van der Waals surface area contributed by atoms with Gasteiger partial charge in [-0.05, 0) is 24.8 Å². The van der Waals surface area contributed by atoms with E-state index in [-0.39, 0.29) is 12.6 Å². The predicted molar refractivity (Wildman–Crippen MR) is 81.7 cm³/mol. The van der Waals surface area contributed by atoms with Crippen LogP contribution in [0.3, 0.4) is 0 Å². The number of nitrogens with zero attached hydrogens (tertiary/aromatic N) is 2. The van der Waals surface area contributed by atoms with Crippen molar-refractivity contribution in [2.45, 2.75) is 56.7 Å². The molecule has 1 spiro atoms. The van der Waals surface area contributed by atoms with E-state index in [1.54, 1.807) is 0 Å². The van der Waals surface area contributed by atoms with Crippen LogP contribution in [0.4, 0.5) is 13.2 Å². The minimum Gasteiger partial charge on any atom is -0.370 e. The third-order valence-electron chi connectivity index (χ3n) is 5.15. The lowest BCUT2D eigenvalue weighted by Gasteiger charge is -2.48. The Balaban J connectivity index is 1.76. The van der Waals surface area contributed by atoms with Crippen LogP contribution in [0.5, 0.6) is 0 Å². The Morgan fingerprint density at radius 3 is 2.43 bits per heavy atom. The van der Waals surface area contributed by atoms with Crippen LogP contribution < -0.4 is 0 Å². The van der Waals surface area contributed by atoms with Crippen molar-refractivity contribution in [1.29, 1.82) is 0 Å². The van der Waals surface area contributed by atoms with Crippen LogP contribution in [-0.2, 0) is 6.54 Å². The first kappa shape index (κ1) is 16.7. The van der Waals surface area contributed by atoms with E-state index >= 15 is 0 Å². The molecule has 1 heterocycles. The van der Waals surface area contributed by atoms with Crippen molar-refractivity contribution in [1.82, 2.24) is 9.80 Å². The lowest BCUT2D eigenvalue weighted by molar-refractivity contribution is -0.267. The summed E-state index contributed by atoms with van der Waals surface area (Å²) in [6.07, 6.45) is -4.72. The summed E-state index contributed by atoms with van der Waals surface area (Å²) in [5.74, 6) is 0. The summed E-state index contributed by atoms with van der Waals surface area (Å²) >= 11 is 0. The predicted octanol–water partition coefficient (Wildman–Crippen LogP) is 3.00. The highest BCUT2D eigenvalue weighted by atomic mass is 19.4. The number of benzene rings is 1. The molecule has 2 atom stereocenters. The van der Waals surface area contributed by atoms with E-state index in [1.165, 1.54) is 10.5 Å². The summed E-state index contributed by atoms with van der Waals surface area (Å²) in [7, 11) is 0. The van der Waals surface area contributed by atoms with Crippen LogP contribution in [0.2, 0.25) is 0 Å². The van der Waals surface area contributed by atoms with Crippen molar-refractivity contribution in [2.75, 3.05) is 13.1 Å². The van der Waals surface area contributed by atoms with Gasteiger partial charge in [0.2, 0.25) is 6.23 Å². The standard InChI is InChI=1S/C17H23F3N2O/c1-2-14-11-22(15(23)17(18,19)20)16(8-9-16)12-21(14)10-13-6-4-3-5-7-13/h3-7,14-15,23H,2,8-12H2,1H3/t14-,15?/m1/s1. The van der Waals surface area contributed by atoms with E-state index in [0.717, 1.165) is 25.8 Å². The molecule has 1 unspecified atom stereocenters. The summed E-state index contributed by atoms with van der Waals surface area (Å²) in [4.78, 5) is 3.57. The molecule has 0 amide bonds. The minimum atomic E-state index is -4.59. The number of rotatable bonds is 4. The van der Waals surface area contributed by atoms with E-state index in [4.69, 9.17) is 0 Å². The lowest BCUT2D eigenvalue weighted by Crippen LogP contribution is -2.64. The molecule has 1 saturated heterocycles. The van der Waals surface area contributed by atoms with E-state index < -0.39 is 17.9 Å². The third-order valence-corrected chi connectivity index (χ3v) is 5.15. The molecule has 1 aromatic carbocycles. The second kappa shape index (κ2) is 6.07. The van der Waals surface area contributed by atoms with Gasteiger partial charge in [0.05, 0.1) is 0 Å². The smallest absolute Gasteiger partial charge is 0.370 e. The minimum absolute atomic E-state index is 0.0263. The normalized spacial score (nSPS) is 26.4. The summed E-state index contributed by atoms with van der Waals surface area (Å²) in [5.41, 5.74) is 0.668. The molecule has 1 N–H and O–H groups in total. The second-order valence-electron chi connectivity index (χ2n) is 6.74. The molecular weight excluding hydrogens is 305 g/mol. The van der Waals surface area contributed by atoms with Crippen molar-refractivity contribution in [3.05, 3.63) is 35.9 Å². The molecule has 1 saturated carbocycles. The van der Waals surface area contributed by atoms with Crippen molar-refractivity contribution < 1.29 is 18.3 Å². The van der Waals surface area contributed by atoms with Crippen molar-refractivity contribution in [2.24, 2.45) is 0 Å². The number of hydrogen-bond donors (Lipinski definition) is 1. The fourth-order valence-corrected chi connectivity index (χ4v) is 3.65. The number of aliphatic hydroxyl groups is 1. The molecule has 1 aromatic rings. The Kier molecular flexibility index (Phi) is 4.42. The van der Waals surface area contributed by atoms with Gasteiger partial charge >= 0.3 is 6.18 Å². The van der Waals surface area contributed by atoms with Crippen molar-refractivity contribution in [3.8, 4) is 0 Å². The van der Waals surface area contributed by atoms with E-state index in [1.807, 2.05) is 37.3 Å². The molecule has 1 aliphatic heterocycles. The quantitative estimate of drug-likeness (QED) is 0.920. The Bertz CT molecular complexity index is 530. The summed E-state index contributed by atoms with van der Waals surface area (Å²) in [6, 6.07) is 10.0. The van der Waals surface area contributed by atoms with Gasteiger partial charge in [0.1, 0.15) is 0 Å². The fraction of sp³-hybridized carbons (Fsp3) is 0.647. The average Bonchev–Trinajstić information content (AvgIpc) is 3.27. The molecule has 0 aromatic heterocycles. The van der Waals surface area contributed by atoms with E-state index in [0.29, 0.717) is 6.54 Å². The number of halogens is 3. The first-order valence-corrected chi connectivity index (χ1v) is 8.15. The van der Waals surface area contributed by atoms with Crippen LogP contribution in [0, 0.1) is 0 Å². The zero-order chi connectivity index (χ0) is 16.7. The molecule has 0 radical (unpaired) electrons. The molecule has 6 heteroatoms. The maximum Gasteiger partial charge on any atom is 0.428 e. The maximum atomic E-state index is 13.0. The monoisotopic (exact) mass is 328 g/mol. The van der Waals surface area contributed by atoms with Crippen LogP contribution in [0.15, 0.2) is 30.3 Å². The lowest BCUT2D eigenvalue weighted by atomic mass is 10.0. The highest BCUT2D eigenvalue weighted by molar-refractivity contribution is 5.17. The Labute approximate surface area is 134 Å². The van der Waals surface area contributed by atoms with Gasteiger partial charge in [-0.15, -0.1) is 0 Å². The van der Waals surface area contributed by atoms with Gasteiger partial charge in [-0.25, -0.2) is 0 Å². The Hall–Kier alpha value is -1.11. The summed E-state index contributed by atoms with van der Waals surface area (Å²) < 4.78 is 38.9. The van der Waals surface area contributed by atoms with Crippen LogP contribution in [0.25, 0.3) is 0 Å². The van der Waals surface area contributed by atoms with Crippen LogP contribution >= 0.6 is 0 Å². The van der Waals surface area contributed by atoms with Crippen LogP contribution in [-0.4, -0.2) is 52.0 Å². The van der Waals surface area contributed by atoms with E-state index in [9.17, 15) is 18.3 Å². The van der Waals surface area contributed by atoms with Gasteiger partial charge in [-0.3, -0.25) is 9.80 Å². The van der Waals surface area contributed by atoms with Crippen LogP contribution in [0.1, 0.15) is 31.7 Å². The first-order chi connectivity index (χ1) is 10.9.